The summed E-state index contributed by atoms with van der Waals surface area (Å²) in [5.41, 5.74) is 3.89. The number of thiophene rings is 1. The molecule has 156 valence electrons. The van der Waals surface area contributed by atoms with Crippen LogP contribution in [0.1, 0.15) is 45.1 Å². The molecule has 32 heavy (non-hydrogen) atoms. The van der Waals surface area contributed by atoms with Crippen LogP contribution in [0.5, 0.6) is 0 Å². The summed E-state index contributed by atoms with van der Waals surface area (Å²) >= 11 is 1.87. The average Bonchev–Trinajstić information content (AvgIpc) is 3.20. The number of rotatable bonds is 2. The summed E-state index contributed by atoms with van der Waals surface area (Å²) in [7, 11) is 6.93. The number of hydrogen-bond donors (Lipinski definition) is 0. The van der Waals surface area contributed by atoms with Crippen molar-refractivity contribution in [1.82, 2.24) is 4.98 Å². The second-order valence-electron chi connectivity index (χ2n) is 10.2. The fourth-order valence-corrected chi connectivity index (χ4v) is 6.44. The molecule has 1 aliphatic rings. The van der Waals surface area contributed by atoms with Crippen LogP contribution >= 0.6 is 11.3 Å². The minimum atomic E-state index is -0.201. The predicted octanol–water partition coefficient (Wildman–Crippen LogP) is 8.23. The van der Waals surface area contributed by atoms with Gasteiger partial charge in [-0.1, -0.05) is 87.4 Å². The second kappa shape index (κ2) is 7.18. The van der Waals surface area contributed by atoms with Crippen molar-refractivity contribution >= 4 is 50.1 Å². The van der Waals surface area contributed by atoms with Crippen LogP contribution in [0, 0.1) is 5.41 Å². The first kappa shape index (κ1) is 20.0. The fraction of sp³-hybridized carbons (Fsp3) is 0.276. The number of nitrogens with zero attached hydrogens (tertiary/aromatic N) is 1. The van der Waals surface area contributed by atoms with Crippen LogP contribution < -0.4 is 0 Å². The normalized spacial score (nSPS) is 17.8. The Morgan fingerprint density at radius 2 is 1.56 bits per heavy atom. The van der Waals surface area contributed by atoms with E-state index in [4.69, 9.17) is 12.8 Å². The first-order valence-corrected chi connectivity index (χ1v) is 12.3. The smallest absolute Gasteiger partial charge is 0.0810 e. The van der Waals surface area contributed by atoms with Crippen LogP contribution in [0.4, 0.5) is 0 Å². The zero-order valence-electron chi connectivity index (χ0n) is 18.7. The van der Waals surface area contributed by atoms with Crippen molar-refractivity contribution in [3.05, 3.63) is 78.5 Å². The van der Waals surface area contributed by atoms with Gasteiger partial charge in [0.25, 0.3) is 0 Å². The number of hydrogen-bond acceptors (Lipinski definition) is 2. The molecule has 0 spiro atoms. The first-order valence-electron chi connectivity index (χ1n) is 11.5. The lowest BCUT2D eigenvalue weighted by Crippen LogP contribution is -2.35. The van der Waals surface area contributed by atoms with E-state index in [0.29, 0.717) is 5.41 Å². The standard InChI is InChI=1S/C29H26BNS/c1-28(2)12-14-29(30,15-13-28)21-9-11-22-20(16-21)8-10-23-24-18-31-25(17-26(24)32-27(22)23)19-6-4-3-5-7-19/h3-11,16-18H,12-15H2,1-2H3. The van der Waals surface area contributed by atoms with Crippen LogP contribution in [-0.2, 0) is 5.31 Å². The van der Waals surface area contributed by atoms with Gasteiger partial charge in [0.2, 0.25) is 0 Å². The first-order chi connectivity index (χ1) is 15.4. The summed E-state index contributed by atoms with van der Waals surface area (Å²) in [6, 6.07) is 24.1. The van der Waals surface area contributed by atoms with Gasteiger partial charge in [0.05, 0.1) is 13.5 Å². The lowest BCUT2D eigenvalue weighted by Gasteiger charge is -2.42. The Labute approximate surface area is 194 Å². The van der Waals surface area contributed by atoms with E-state index in [1.165, 1.54) is 49.3 Å². The summed E-state index contributed by atoms with van der Waals surface area (Å²) in [5.74, 6) is 0. The van der Waals surface area contributed by atoms with E-state index in [-0.39, 0.29) is 5.31 Å². The third-order valence-corrected chi connectivity index (χ3v) is 8.68. The molecule has 3 aromatic carbocycles. The van der Waals surface area contributed by atoms with E-state index in [2.05, 4.69) is 74.5 Å². The Bertz CT molecular complexity index is 1450. The second-order valence-corrected chi connectivity index (χ2v) is 11.3. The number of pyridine rings is 1. The van der Waals surface area contributed by atoms with Crippen molar-refractivity contribution in [2.75, 3.05) is 0 Å². The third-order valence-electron chi connectivity index (χ3n) is 7.48. The SMILES string of the molecule is [B]C1(c2ccc3c(ccc4c5cnc(-c6ccccc6)cc5sc34)c2)CCC(C)(C)CC1. The van der Waals surface area contributed by atoms with E-state index in [1.807, 2.05) is 23.6 Å². The molecule has 1 nitrogen and oxygen atoms in total. The molecule has 0 atom stereocenters. The highest BCUT2D eigenvalue weighted by Gasteiger charge is 2.35. The van der Waals surface area contributed by atoms with Gasteiger partial charge in [0.1, 0.15) is 0 Å². The Balaban J connectivity index is 1.45. The molecule has 0 saturated heterocycles. The van der Waals surface area contributed by atoms with Crippen molar-refractivity contribution in [1.29, 1.82) is 0 Å². The van der Waals surface area contributed by atoms with E-state index in [9.17, 15) is 0 Å². The van der Waals surface area contributed by atoms with E-state index < -0.39 is 0 Å². The van der Waals surface area contributed by atoms with Crippen molar-refractivity contribution in [3.63, 3.8) is 0 Å². The molecule has 1 saturated carbocycles. The van der Waals surface area contributed by atoms with Crippen molar-refractivity contribution in [3.8, 4) is 11.3 Å². The lowest BCUT2D eigenvalue weighted by atomic mass is 9.53. The van der Waals surface area contributed by atoms with Gasteiger partial charge in [-0.2, -0.15) is 0 Å². The molecule has 2 aromatic heterocycles. The van der Waals surface area contributed by atoms with E-state index in [1.54, 1.807) is 0 Å². The maximum absolute atomic E-state index is 6.93. The zero-order chi connectivity index (χ0) is 21.9. The summed E-state index contributed by atoms with van der Waals surface area (Å²) in [6.45, 7) is 4.73. The highest BCUT2D eigenvalue weighted by molar-refractivity contribution is 7.26. The molecule has 1 aliphatic carbocycles. The van der Waals surface area contributed by atoms with Gasteiger partial charge < -0.3 is 0 Å². The molecule has 1 fully saturated rings. The zero-order valence-corrected chi connectivity index (χ0v) is 19.5. The topological polar surface area (TPSA) is 12.9 Å². The maximum Gasteiger partial charge on any atom is 0.0810 e. The lowest BCUT2D eigenvalue weighted by molar-refractivity contribution is 0.206. The monoisotopic (exact) mass is 431 g/mol. The highest BCUT2D eigenvalue weighted by atomic mass is 32.1. The van der Waals surface area contributed by atoms with Crippen molar-refractivity contribution < 1.29 is 0 Å². The van der Waals surface area contributed by atoms with Crippen LogP contribution in [-0.4, -0.2) is 12.8 Å². The van der Waals surface area contributed by atoms with Crippen LogP contribution in [0.15, 0.2) is 72.9 Å². The van der Waals surface area contributed by atoms with Gasteiger partial charge in [0.15, 0.2) is 0 Å². The highest BCUT2D eigenvalue weighted by Crippen LogP contribution is 2.46. The average molecular weight is 431 g/mol. The van der Waals surface area contributed by atoms with Crippen LogP contribution in [0.3, 0.4) is 0 Å². The Morgan fingerprint density at radius 1 is 0.812 bits per heavy atom. The Kier molecular flexibility index (Phi) is 4.49. The fourth-order valence-electron chi connectivity index (χ4n) is 5.19. The molecule has 2 heterocycles. The largest absolute Gasteiger partial charge is 0.256 e. The van der Waals surface area contributed by atoms with Gasteiger partial charge in [-0.25, -0.2) is 0 Å². The molecular weight excluding hydrogens is 405 g/mol. The van der Waals surface area contributed by atoms with Gasteiger partial charge >= 0.3 is 0 Å². The summed E-state index contributed by atoms with van der Waals surface area (Å²) in [4.78, 5) is 4.77. The molecule has 6 rings (SSSR count). The van der Waals surface area contributed by atoms with Crippen LogP contribution in [0.25, 0.3) is 42.2 Å². The molecule has 5 aromatic rings. The van der Waals surface area contributed by atoms with Gasteiger partial charge in [-0.3, -0.25) is 4.98 Å². The molecule has 2 radical (unpaired) electrons. The number of fused-ring (bicyclic) bond motifs is 5. The molecule has 0 aliphatic heterocycles. The molecule has 3 heteroatoms. The quantitative estimate of drug-likeness (QED) is 0.257. The maximum atomic E-state index is 6.93. The molecule has 0 bridgehead atoms. The van der Waals surface area contributed by atoms with Gasteiger partial charge in [0, 0.05) is 31.9 Å². The summed E-state index contributed by atoms with van der Waals surface area (Å²) < 4.78 is 2.63. The van der Waals surface area contributed by atoms with E-state index in [0.717, 1.165) is 24.1 Å². The molecule has 0 unspecified atom stereocenters. The predicted molar refractivity (Wildman–Crippen MR) is 140 cm³/mol. The molecular formula is C29H26BNS. The molecule has 0 N–H and O–H groups in total. The Hall–Kier alpha value is -2.65. The summed E-state index contributed by atoms with van der Waals surface area (Å²) in [6.07, 6.45) is 6.53. The number of benzene rings is 3. The summed E-state index contributed by atoms with van der Waals surface area (Å²) in [5, 5.41) is 4.92. The minimum absolute atomic E-state index is 0.201. The van der Waals surface area contributed by atoms with E-state index >= 15 is 0 Å². The van der Waals surface area contributed by atoms with Gasteiger partial charge in [-0.15, -0.1) is 11.3 Å². The molecule has 0 amide bonds. The Morgan fingerprint density at radius 3 is 2.34 bits per heavy atom. The van der Waals surface area contributed by atoms with Crippen LogP contribution in [0.2, 0.25) is 0 Å². The van der Waals surface area contributed by atoms with Crippen molar-refractivity contribution in [2.45, 2.75) is 44.8 Å². The number of aromatic nitrogens is 1. The minimum Gasteiger partial charge on any atom is -0.256 e. The third kappa shape index (κ3) is 3.26. The van der Waals surface area contributed by atoms with Gasteiger partial charge in [-0.05, 0) is 46.0 Å². The van der Waals surface area contributed by atoms with Crippen molar-refractivity contribution in [2.24, 2.45) is 5.41 Å².